The van der Waals surface area contributed by atoms with Crippen LogP contribution in [-0.4, -0.2) is 11.7 Å². The first-order valence-corrected chi connectivity index (χ1v) is 6.87. The largest absolute Gasteiger partial charge is 0.444 e. The van der Waals surface area contributed by atoms with Crippen molar-refractivity contribution in [2.45, 2.75) is 59.0 Å². The van der Waals surface area contributed by atoms with Crippen LogP contribution < -0.4 is 5.32 Å². The monoisotopic (exact) mass is 261 g/mol. The molecule has 1 aliphatic carbocycles. The lowest BCUT2D eigenvalue weighted by molar-refractivity contribution is 0.0636. The Morgan fingerprint density at radius 2 is 1.84 bits per heavy atom. The number of benzene rings is 1. The van der Waals surface area contributed by atoms with Gasteiger partial charge in [-0.05, 0) is 76.1 Å². The third kappa shape index (κ3) is 3.72. The maximum Gasteiger partial charge on any atom is 0.412 e. The van der Waals surface area contributed by atoms with Gasteiger partial charge >= 0.3 is 6.09 Å². The molecule has 0 bridgehead atoms. The molecule has 1 aliphatic rings. The van der Waals surface area contributed by atoms with Crippen LogP contribution in [0, 0.1) is 13.8 Å². The molecule has 19 heavy (non-hydrogen) atoms. The molecule has 0 unspecified atom stereocenters. The summed E-state index contributed by atoms with van der Waals surface area (Å²) in [5.41, 5.74) is 4.14. The lowest BCUT2D eigenvalue weighted by Crippen LogP contribution is -2.27. The summed E-state index contributed by atoms with van der Waals surface area (Å²) in [7, 11) is 0. The van der Waals surface area contributed by atoms with Crippen LogP contribution in [0.25, 0.3) is 0 Å². The van der Waals surface area contributed by atoms with E-state index >= 15 is 0 Å². The van der Waals surface area contributed by atoms with Gasteiger partial charge in [-0.1, -0.05) is 6.07 Å². The van der Waals surface area contributed by atoms with Gasteiger partial charge in [-0.3, -0.25) is 5.32 Å². The Morgan fingerprint density at radius 1 is 1.21 bits per heavy atom. The minimum atomic E-state index is -0.470. The van der Waals surface area contributed by atoms with E-state index in [1.165, 1.54) is 24.0 Å². The van der Waals surface area contributed by atoms with Gasteiger partial charge < -0.3 is 4.74 Å². The van der Waals surface area contributed by atoms with Crippen molar-refractivity contribution < 1.29 is 9.53 Å². The van der Waals surface area contributed by atoms with Crippen LogP contribution in [0.3, 0.4) is 0 Å². The molecule has 1 amide bonds. The van der Waals surface area contributed by atoms with Crippen molar-refractivity contribution in [1.29, 1.82) is 0 Å². The van der Waals surface area contributed by atoms with E-state index in [0.717, 1.165) is 11.3 Å². The summed E-state index contributed by atoms with van der Waals surface area (Å²) in [5, 5.41) is 2.86. The summed E-state index contributed by atoms with van der Waals surface area (Å²) >= 11 is 0. The molecule has 1 fully saturated rings. The highest BCUT2D eigenvalue weighted by molar-refractivity contribution is 5.86. The van der Waals surface area contributed by atoms with Crippen molar-refractivity contribution >= 4 is 11.8 Å². The topological polar surface area (TPSA) is 38.3 Å². The fourth-order valence-corrected chi connectivity index (χ4v) is 2.25. The highest BCUT2D eigenvalue weighted by Crippen LogP contribution is 2.43. The maximum atomic E-state index is 11.8. The van der Waals surface area contributed by atoms with E-state index in [-0.39, 0.29) is 6.09 Å². The lowest BCUT2D eigenvalue weighted by Gasteiger charge is -2.20. The SMILES string of the molecule is Cc1cc(C)c(C2CC2)cc1NC(=O)OC(C)(C)C. The third-order valence-corrected chi connectivity index (χ3v) is 3.27. The van der Waals surface area contributed by atoms with Crippen molar-refractivity contribution in [1.82, 2.24) is 0 Å². The second-order valence-electron chi connectivity index (χ2n) is 6.42. The Bertz CT molecular complexity index is 496. The number of carbonyl (C=O) groups is 1. The van der Waals surface area contributed by atoms with Gasteiger partial charge in [0.05, 0.1) is 0 Å². The number of hydrogen-bond donors (Lipinski definition) is 1. The summed E-state index contributed by atoms with van der Waals surface area (Å²) in [6.07, 6.45) is 2.13. The number of aryl methyl sites for hydroxylation is 2. The fraction of sp³-hybridized carbons (Fsp3) is 0.562. The maximum absolute atomic E-state index is 11.8. The first-order chi connectivity index (χ1) is 8.76. The van der Waals surface area contributed by atoms with Crippen LogP contribution >= 0.6 is 0 Å². The minimum absolute atomic E-state index is 0.388. The van der Waals surface area contributed by atoms with Crippen molar-refractivity contribution in [2.75, 3.05) is 5.32 Å². The molecule has 0 aromatic heterocycles. The van der Waals surface area contributed by atoms with Gasteiger partial charge in [-0.2, -0.15) is 0 Å². The molecule has 3 nitrogen and oxygen atoms in total. The second kappa shape index (κ2) is 4.87. The highest BCUT2D eigenvalue weighted by Gasteiger charge is 2.26. The highest BCUT2D eigenvalue weighted by atomic mass is 16.6. The number of nitrogens with one attached hydrogen (secondary N) is 1. The van der Waals surface area contributed by atoms with Crippen LogP contribution in [0.2, 0.25) is 0 Å². The first-order valence-electron chi connectivity index (χ1n) is 6.87. The molecule has 0 aliphatic heterocycles. The van der Waals surface area contributed by atoms with E-state index < -0.39 is 5.60 Å². The summed E-state index contributed by atoms with van der Waals surface area (Å²) in [5.74, 6) is 0.680. The smallest absolute Gasteiger partial charge is 0.412 e. The summed E-state index contributed by atoms with van der Waals surface area (Å²) in [4.78, 5) is 11.8. The van der Waals surface area contributed by atoms with Gasteiger partial charge in [0.25, 0.3) is 0 Å². The zero-order chi connectivity index (χ0) is 14.2. The second-order valence-corrected chi connectivity index (χ2v) is 6.42. The molecule has 1 N–H and O–H groups in total. The van der Waals surface area contributed by atoms with Crippen molar-refractivity contribution in [3.8, 4) is 0 Å². The fourth-order valence-electron chi connectivity index (χ4n) is 2.25. The van der Waals surface area contributed by atoms with Crippen LogP contribution in [-0.2, 0) is 4.74 Å². The van der Waals surface area contributed by atoms with E-state index in [9.17, 15) is 4.79 Å². The molecule has 0 heterocycles. The number of carbonyl (C=O) groups excluding carboxylic acids is 1. The summed E-state index contributed by atoms with van der Waals surface area (Å²) < 4.78 is 5.29. The molecule has 0 atom stereocenters. The van der Waals surface area contributed by atoms with Crippen molar-refractivity contribution in [3.05, 3.63) is 28.8 Å². The number of ether oxygens (including phenoxy) is 1. The van der Waals surface area contributed by atoms with E-state index in [1.54, 1.807) is 0 Å². The van der Waals surface area contributed by atoms with Crippen molar-refractivity contribution in [3.63, 3.8) is 0 Å². The Labute approximate surface area is 115 Å². The molecule has 2 rings (SSSR count). The molecule has 0 radical (unpaired) electrons. The molecule has 104 valence electrons. The average molecular weight is 261 g/mol. The molecular weight excluding hydrogens is 238 g/mol. The zero-order valence-electron chi connectivity index (χ0n) is 12.5. The van der Waals surface area contributed by atoms with E-state index in [1.807, 2.05) is 27.7 Å². The van der Waals surface area contributed by atoms with Gasteiger partial charge in [-0.25, -0.2) is 4.79 Å². The average Bonchev–Trinajstić information content (AvgIpc) is 3.02. The molecule has 1 saturated carbocycles. The van der Waals surface area contributed by atoms with Crippen molar-refractivity contribution in [2.24, 2.45) is 0 Å². The summed E-state index contributed by atoms with van der Waals surface area (Å²) in [6, 6.07) is 4.24. The molecule has 1 aromatic carbocycles. The minimum Gasteiger partial charge on any atom is -0.444 e. The van der Waals surface area contributed by atoms with Gasteiger partial charge in [0.1, 0.15) is 5.60 Å². The number of amides is 1. The van der Waals surface area contributed by atoms with Gasteiger partial charge in [0.15, 0.2) is 0 Å². The van der Waals surface area contributed by atoms with Crippen LogP contribution in [0.1, 0.15) is 56.2 Å². The quantitative estimate of drug-likeness (QED) is 0.849. The Kier molecular flexibility index (Phi) is 3.57. The molecule has 3 heteroatoms. The first kappa shape index (κ1) is 13.9. The molecule has 0 saturated heterocycles. The van der Waals surface area contributed by atoms with Crippen LogP contribution in [0.4, 0.5) is 10.5 Å². The number of anilines is 1. The summed E-state index contributed by atoms with van der Waals surface area (Å²) in [6.45, 7) is 9.74. The lowest BCUT2D eigenvalue weighted by atomic mass is 10.0. The predicted octanol–water partition coefficient (Wildman–Crippen LogP) is 4.53. The van der Waals surface area contributed by atoms with Gasteiger partial charge in [0, 0.05) is 5.69 Å². The Balaban J connectivity index is 2.15. The molecular formula is C16H23NO2. The number of rotatable bonds is 2. The predicted molar refractivity (Wildman–Crippen MR) is 77.7 cm³/mol. The Hall–Kier alpha value is -1.51. The van der Waals surface area contributed by atoms with Gasteiger partial charge in [0.2, 0.25) is 0 Å². The standard InChI is InChI=1S/C16H23NO2/c1-10-8-11(2)14(9-13(10)12-6-7-12)17-15(18)19-16(3,4)5/h8-9,12H,6-7H2,1-5H3,(H,17,18). The van der Waals surface area contributed by atoms with Crippen LogP contribution in [0.5, 0.6) is 0 Å². The zero-order valence-corrected chi connectivity index (χ0v) is 12.5. The normalized spacial score (nSPS) is 15.2. The molecule has 1 aromatic rings. The van der Waals surface area contributed by atoms with E-state index in [4.69, 9.17) is 4.74 Å². The van der Waals surface area contributed by atoms with E-state index in [0.29, 0.717) is 5.92 Å². The van der Waals surface area contributed by atoms with E-state index in [2.05, 4.69) is 24.4 Å². The third-order valence-electron chi connectivity index (χ3n) is 3.27. The van der Waals surface area contributed by atoms with Crippen LogP contribution in [0.15, 0.2) is 12.1 Å². The number of hydrogen-bond acceptors (Lipinski definition) is 2. The molecule has 0 spiro atoms. The Morgan fingerprint density at radius 3 is 2.37 bits per heavy atom. The van der Waals surface area contributed by atoms with Gasteiger partial charge in [-0.15, -0.1) is 0 Å².